The number of halogens is 1. The highest BCUT2D eigenvalue weighted by Crippen LogP contribution is 2.33. The molecule has 1 aromatic rings. The quantitative estimate of drug-likeness (QED) is 0.877. The first-order valence-corrected chi connectivity index (χ1v) is 7.70. The van der Waals surface area contributed by atoms with E-state index in [1.54, 1.807) is 11.3 Å². The summed E-state index contributed by atoms with van der Waals surface area (Å²) in [7, 11) is 0. The number of hydrogen-bond acceptors (Lipinski definition) is 5. The normalized spacial score (nSPS) is 25.0. The summed E-state index contributed by atoms with van der Waals surface area (Å²) in [5.74, 6) is 0. The lowest BCUT2D eigenvalue weighted by molar-refractivity contribution is -0.0671. The molecule has 0 aliphatic carbocycles. The van der Waals surface area contributed by atoms with E-state index in [1.165, 1.54) is 4.88 Å². The second-order valence-corrected chi connectivity index (χ2v) is 7.11. The Bertz CT molecular complexity index is 386. The number of morpholine rings is 1. The van der Waals surface area contributed by atoms with Crippen LogP contribution in [-0.4, -0.2) is 48.5 Å². The molecule has 102 valence electrons. The predicted octanol–water partition coefficient (Wildman–Crippen LogP) is 1.59. The Morgan fingerprint density at radius 1 is 1.67 bits per heavy atom. The molecule has 3 N–H and O–H groups in total. The van der Waals surface area contributed by atoms with Crippen molar-refractivity contribution in [2.75, 3.05) is 26.3 Å². The van der Waals surface area contributed by atoms with E-state index >= 15 is 0 Å². The number of aliphatic hydroxyl groups is 1. The van der Waals surface area contributed by atoms with Crippen molar-refractivity contribution >= 4 is 27.3 Å². The standard InChI is InChI=1S/C12H19BrN2O2S/c1-8(14)12(10-2-3-11(13)18-10)15-4-5-17-9(6-15)7-16/h2-3,8-9,12,16H,4-7,14H2,1H3. The third-order valence-corrected chi connectivity index (χ3v) is 4.85. The van der Waals surface area contributed by atoms with E-state index in [-0.39, 0.29) is 24.8 Å². The molecule has 18 heavy (non-hydrogen) atoms. The van der Waals surface area contributed by atoms with Gasteiger partial charge in [-0.05, 0) is 35.0 Å². The van der Waals surface area contributed by atoms with Crippen LogP contribution in [0.5, 0.6) is 0 Å². The lowest BCUT2D eigenvalue weighted by Crippen LogP contribution is -2.49. The molecule has 2 heterocycles. The highest BCUT2D eigenvalue weighted by molar-refractivity contribution is 9.11. The molecule has 6 heteroatoms. The van der Waals surface area contributed by atoms with Crippen molar-refractivity contribution in [3.8, 4) is 0 Å². The molecule has 1 aliphatic heterocycles. The molecular formula is C12H19BrN2O2S. The number of thiophene rings is 1. The maximum atomic E-state index is 9.22. The molecule has 0 saturated carbocycles. The van der Waals surface area contributed by atoms with Gasteiger partial charge in [0, 0.05) is 24.0 Å². The molecule has 3 atom stereocenters. The molecule has 1 saturated heterocycles. The molecule has 1 aromatic heterocycles. The summed E-state index contributed by atoms with van der Waals surface area (Å²) in [6, 6.07) is 4.41. The maximum absolute atomic E-state index is 9.22. The first-order chi connectivity index (χ1) is 8.61. The molecule has 2 rings (SSSR count). The van der Waals surface area contributed by atoms with E-state index in [4.69, 9.17) is 10.5 Å². The summed E-state index contributed by atoms with van der Waals surface area (Å²) in [5.41, 5.74) is 6.14. The summed E-state index contributed by atoms with van der Waals surface area (Å²) in [6.45, 7) is 4.34. The van der Waals surface area contributed by atoms with Gasteiger partial charge in [0.25, 0.3) is 0 Å². The highest BCUT2D eigenvalue weighted by Gasteiger charge is 2.30. The fourth-order valence-corrected chi connectivity index (χ4v) is 4.04. The Labute approximate surface area is 120 Å². The van der Waals surface area contributed by atoms with Crippen LogP contribution in [0.3, 0.4) is 0 Å². The molecular weight excluding hydrogens is 316 g/mol. The maximum Gasteiger partial charge on any atom is 0.0933 e. The van der Waals surface area contributed by atoms with Crippen molar-refractivity contribution < 1.29 is 9.84 Å². The number of nitrogens with two attached hydrogens (primary N) is 1. The van der Waals surface area contributed by atoms with Crippen LogP contribution in [0.25, 0.3) is 0 Å². The fraction of sp³-hybridized carbons (Fsp3) is 0.667. The SMILES string of the molecule is CC(N)C(c1ccc(Br)s1)N1CCOC(CO)C1. The Kier molecular flexibility index (Phi) is 5.17. The Morgan fingerprint density at radius 2 is 2.44 bits per heavy atom. The lowest BCUT2D eigenvalue weighted by Gasteiger charge is -2.39. The molecule has 1 fully saturated rings. The molecule has 0 amide bonds. The van der Waals surface area contributed by atoms with Crippen LogP contribution in [0.2, 0.25) is 0 Å². The van der Waals surface area contributed by atoms with Gasteiger partial charge >= 0.3 is 0 Å². The molecule has 4 nitrogen and oxygen atoms in total. The zero-order chi connectivity index (χ0) is 13.1. The molecule has 0 aromatic carbocycles. The van der Waals surface area contributed by atoms with Gasteiger partial charge in [-0.1, -0.05) is 0 Å². The number of rotatable bonds is 4. The number of aliphatic hydroxyl groups excluding tert-OH is 1. The zero-order valence-corrected chi connectivity index (χ0v) is 12.8. The average molecular weight is 335 g/mol. The lowest BCUT2D eigenvalue weighted by atomic mass is 10.1. The monoisotopic (exact) mass is 334 g/mol. The Morgan fingerprint density at radius 3 is 3.00 bits per heavy atom. The van der Waals surface area contributed by atoms with Crippen LogP contribution < -0.4 is 5.73 Å². The summed E-state index contributed by atoms with van der Waals surface area (Å²) in [6.07, 6.45) is -0.0941. The van der Waals surface area contributed by atoms with Crippen LogP contribution in [0, 0.1) is 0 Å². The van der Waals surface area contributed by atoms with E-state index in [2.05, 4.69) is 33.0 Å². The first-order valence-electron chi connectivity index (χ1n) is 6.09. The van der Waals surface area contributed by atoms with Gasteiger partial charge in [0.1, 0.15) is 0 Å². The van der Waals surface area contributed by atoms with Gasteiger partial charge in [0.05, 0.1) is 29.1 Å². The van der Waals surface area contributed by atoms with Crippen molar-refractivity contribution in [1.29, 1.82) is 0 Å². The zero-order valence-electron chi connectivity index (χ0n) is 10.4. The third kappa shape index (κ3) is 3.31. The summed E-state index contributed by atoms with van der Waals surface area (Å²) < 4.78 is 6.61. The molecule has 0 bridgehead atoms. The van der Waals surface area contributed by atoms with Gasteiger partial charge in [-0.2, -0.15) is 0 Å². The van der Waals surface area contributed by atoms with Crippen molar-refractivity contribution in [2.45, 2.75) is 25.1 Å². The first kappa shape index (κ1) is 14.4. The minimum atomic E-state index is -0.0941. The number of hydrogen-bond donors (Lipinski definition) is 2. The summed E-state index contributed by atoms with van der Waals surface area (Å²) in [4.78, 5) is 3.57. The molecule has 3 unspecified atom stereocenters. The van der Waals surface area contributed by atoms with Crippen molar-refractivity contribution in [1.82, 2.24) is 4.90 Å². The topological polar surface area (TPSA) is 58.7 Å². The van der Waals surface area contributed by atoms with Crippen LogP contribution in [0.1, 0.15) is 17.8 Å². The van der Waals surface area contributed by atoms with Crippen LogP contribution in [0.4, 0.5) is 0 Å². The number of ether oxygens (including phenoxy) is 1. The minimum absolute atomic E-state index is 0.0491. The van der Waals surface area contributed by atoms with E-state index in [9.17, 15) is 5.11 Å². The number of nitrogens with zero attached hydrogens (tertiary/aromatic N) is 1. The van der Waals surface area contributed by atoms with Gasteiger partial charge in [-0.3, -0.25) is 4.90 Å². The van der Waals surface area contributed by atoms with E-state index in [1.807, 2.05) is 6.92 Å². The second-order valence-electron chi connectivity index (χ2n) is 4.62. The highest BCUT2D eigenvalue weighted by atomic mass is 79.9. The third-order valence-electron chi connectivity index (χ3n) is 3.15. The minimum Gasteiger partial charge on any atom is -0.394 e. The van der Waals surface area contributed by atoms with Crippen LogP contribution in [-0.2, 0) is 4.74 Å². The van der Waals surface area contributed by atoms with E-state index in [0.717, 1.165) is 16.9 Å². The Hall–Kier alpha value is 0.0200. The van der Waals surface area contributed by atoms with Gasteiger partial charge < -0.3 is 15.6 Å². The smallest absolute Gasteiger partial charge is 0.0933 e. The second kappa shape index (κ2) is 6.45. The van der Waals surface area contributed by atoms with E-state index in [0.29, 0.717) is 6.61 Å². The largest absolute Gasteiger partial charge is 0.394 e. The molecule has 0 spiro atoms. The van der Waals surface area contributed by atoms with Gasteiger partial charge in [0.2, 0.25) is 0 Å². The molecule has 0 radical (unpaired) electrons. The van der Waals surface area contributed by atoms with Crippen molar-refractivity contribution in [3.05, 3.63) is 20.8 Å². The fourth-order valence-electron chi connectivity index (χ4n) is 2.36. The van der Waals surface area contributed by atoms with Gasteiger partial charge in [-0.25, -0.2) is 0 Å². The molecule has 1 aliphatic rings. The Balaban J connectivity index is 2.14. The predicted molar refractivity (Wildman–Crippen MR) is 76.8 cm³/mol. The summed E-state index contributed by atoms with van der Waals surface area (Å²) >= 11 is 5.21. The van der Waals surface area contributed by atoms with Crippen molar-refractivity contribution in [2.24, 2.45) is 5.73 Å². The van der Waals surface area contributed by atoms with Crippen molar-refractivity contribution in [3.63, 3.8) is 0 Å². The van der Waals surface area contributed by atoms with Crippen LogP contribution in [0.15, 0.2) is 15.9 Å². The van der Waals surface area contributed by atoms with Gasteiger partial charge in [-0.15, -0.1) is 11.3 Å². The van der Waals surface area contributed by atoms with Gasteiger partial charge in [0.15, 0.2) is 0 Å². The summed E-state index contributed by atoms with van der Waals surface area (Å²) in [5, 5.41) is 9.22. The van der Waals surface area contributed by atoms with E-state index < -0.39 is 0 Å². The average Bonchev–Trinajstić information content (AvgIpc) is 2.75. The van der Waals surface area contributed by atoms with Crippen LogP contribution >= 0.6 is 27.3 Å².